The average molecular weight is 711 g/mol. The molecule has 296 valence electrons. The lowest BCUT2D eigenvalue weighted by atomic mass is 10.0. The second-order valence-corrected chi connectivity index (χ2v) is 18.4. The van der Waals surface area contributed by atoms with E-state index in [1.165, 1.54) is 212 Å². The van der Waals surface area contributed by atoms with E-state index < -0.39 is 8.80 Å². The van der Waals surface area contributed by atoms with Crippen molar-refractivity contribution in [2.75, 3.05) is 19.8 Å². The van der Waals surface area contributed by atoms with E-state index in [9.17, 15) is 0 Å². The molecule has 0 aliphatic carbocycles. The summed E-state index contributed by atoms with van der Waals surface area (Å²) in [5.74, 6) is 0. The lowest BCUT2D eigenvalue weighted by molar-refractivity contribution is 0.0550. The third kappa shape index (κ3) is 37.7. The molecule has 1 unspecified atom stereocenters. The van der Waals surface area contributed by atoms with E-state index >= 15 is 0 Å². The zero-order chi connectivity index (χ0) is 35.6. The van der Waals surface area contributed by atoms with Gasteiger partial charge in [-0.05, 0) is 19.3 Å². The molecular weight excluding hydrogens is 617 g/mol. The van der Waals surface area contributed by atoms with Crippen LogP contribution in [0.15, 0.2) is 0 Å². The molecule has 0 N–H and O–H groups in total. The molecule has 0 saturated carbocycles. The van der Waals surface area contributed by atoms with Gasteiger partial charge in [0, 0.05) is 25.9 Å². The van der Waals surface area contributed by atoms with Crippen molar-refractivity contribution in [1.82, 2.24) is 0 Å². The molecular formula is C45H94O3Si. The van der Waals surface area contributed by atoms with Crippen molar-refractivity contribution >= 4 is 8.80 Å². The molecule has 1 atom stereocenters. The highest BCUT2D eigenvalue weighted by atomic mass is 28.4. The topological polar surface area (TPSA) is 27.7 Å². The zero-order valence-corrected chi connectivity index (χ0v) is 35.7. The molecule has 0 rings (SSSR count). The van der Waals surface area contributed by atoms with Crippen molar-refractivity contribution in [3.05, 3.63) is 0 Å². The van der Waals surface area contributed by atoms with Crippen LogP contribution in [0.5, 0.6) is 0 Å². The molecule has 0 aliphatic heterocycles. The molecule has 0 fully saturated rings. The van der Waals surface area contributed by atoms with Crippen LogP contribution in [0, 0.1) is 0 Å². The maximum absolute atomic E-state index is 6.67. The van der Waals surface area contributed by atoms with Crippen molar-refractivity contribution in [1.29, 1.82) is 0 Å². The van der Waals surface area contributed by atoms with E-state index in [1.807, 2.05) is 0 Å². The summed E-state index contributed by atoms with van der Waals surface area (Å²) in [5.41, 5.74) is 0. The minimum Gasteiger partial charge on any atom is -0.373 e. The van der Waals surface area contributed by atoms with E-state index in [2.05, 4.69) is 27.7 Å². The smallest absolute Gasteiger partial charge is 0.373 e. The monoisotopic (exact) mass is 711 g/mol. The van der Waals surface area contributed by atoms with Crippen molar-refractivity contribution < 1.29 is 13.3 Å². The number of hydrogen-bond acceptors (Lipinski definition) is 3. The van der Waals surface area contributed by atoms with Crippen LogP contribution in [-0.4, -0.2) is 28.6 Å². The Labute approximate surface area is 312 Å². The van der Waals surface area contributed by atoms with Crippen LogP contribution in [0.2, 0.25) is 6.04 Å². The van der Waals surface area contributed by atoms with Crippen LogP contribution in [0.25, 0.3) is 0 Å². The predicted octanol–water partition coefficient (Wildman–Crippen LogP) is 16.5. The summed E-state index contributed by atoms with van der Waals surface area (Å²) in [7, 11) is -2.59. The number of hydrogen-bond donors (Lipinski definition) is 0. The van der Waals surface area contributed by atoms with Crippen LogP contribution in [-0.2, 0) is 13.3 Å². The van der Waals surface area contributed by atoms with Gasteiger partial charge in [0.25, 0.3) is 0 Å². The van der Waals surface area contributed by atoms with E-state index in [0.717, 1.165) is 51.5 Å². The Hall–Kier alpha value is 0.0969. The molecule has 0 aromatic rings. The van der Waals surface area contributed by atoms with Gasteiger partial charge in [0.05, 0.1) is 0 Å². The van der Waals surface area contributed by atoms with Gasteiger partial charge in [-0.2, -0.15) is 0 Å². The second-order valence-electron chi connectivity index (χ2n) is 15.6. The number of rotatable bonds is 44. The van der Waals surface area contributed by atoms with Crippen LogP contribution in [0.1, 0.15) is 265 Å². The first-order chi connectivity index (χ1) is 24.2. The molecule has 0 aromatic heterocycles. The third-order valence-electron chi connectivity index (χ3n) is 10.5. The summed E-state index contributed by atoms with van der Waals surface area (Å²) < 4.78 is 20.0. The molecule has 0 amide bonds. The normalized spacial score (nSPS) is 13.0. The molecule has 0 aromatic carbocycles. The molecule has 0 bridgehead atoms. The van der Waals surface area contributed by atoms with Gasteiger partial charge in [0.1, 0.15) is 0 Å². The highest BCUT2D eigenvalue weighted by Gasteiger charge is 2.40. The molecule has 0 radical (unpaired) electrons. The summed E-state index contributed by atoms with van der Waals surface area (Å²) in [6.07, 6.45) is 50.7. The maximum Gasteiger partial charge on any atom is 0.500 e. The molecule has 49 heavy (non-hydrogen) atoms. The summed E-state index contributed by atoms with van der Waals surface area (Å²) in [4.78, 5) is 0. The van der Waals surface area contributed by atoms with Gasteiger partial charge in [-0.1, -0.05) is 246 Å². The second kappa shape index (κ2) is 42.5. The van der Waals surface area contributed by atoms with E-state index in [4.69, 9.17) is 13.3 Å². The summed E-state index contributed by atoms with van der Waals surface area (Å²) in [6, 6.07) is 0.974. The van der Waals surface area contributed by atoms with Crippen LogP contribution >= 0.6 is 0 Å². The summed E-state index contributed by atoms with van der Waals surface area (Å²) in [5, 5.41) is 0. The van der Waals surface area contributed by atoms with Gasteiger partial charge in [-0.3, -0.25) is 0 Å². The highest BCUT2D eigenvalue weighted by Crippen LogP contribution is 2.22. The Morgan fingerprint density at radius 2 is 0.408 bits per heavy atom. The SMILES string of the molecule is CCCCCCCCCCCCCCCCO[Si](CCC)(OCCCCCCCCCCCC)OCCCCCCCCCCCCCC. The Morgan fingerprint density at radius 3 is 0.592 bits per heavy atom. The third-order valence-corrected chi connectivity index (χ3v) is 13.6. The minimum atomic E-state index is -2.59. The predicted molar refractivity (Wildman–Crippen MR) is 222 cm³/mol. The number of unbranched alkanes of at least 4 members (excludes halogenated alkanes) is 33. The lowest BCUT2D eigenvalue weighted by Gasteiger charge is -2.30. The maximum atomic E-state index is 6.67. The molecule has 3 nitrogen and oxygen atoms in total. The fourth-order valence-corrected chi connectivity index (χ4v) is 9.82. The Balaban J connectivity index is 4.30. The van der Waals surface area contributed by atoms with Gasteiger partial charge in [-0.15, -0.1) is 0 Å². The zero-order valence-electron chi connectivity index (χ0n) is 34.7. The van der Waals surface area contributed by atoms with Crippen LogP contribution < -0.4 is 0 Å². The van der Waals surface area contributed by atoms with Crippen molar-refractivity contribution in [3.63, 3.8) is 0 Å². The quantitative estimate of drug-likeness (QED) is 0.0465. The largest absolute Gasteiger partial charge is 0.500 e. The Morgan fingerprint density at radius 1 is 0.224 bits per heavy atom. The first kappa shape index (κ1) is 49.1. The van der Waals surface area contributed by atoms with E-state index in [1.54, 1.807) is 0 Å². The van der Waals surface area contributed by atoms with Gasteiger partial charge in [0.2, 0.25) is 0 Å². The van der Waals surface area contributed by atoms with E-state index in [0.29, 0.717) is 0 Å². The van der Waals surface area contributed by atoms with Gasteiger partial charge >= 0.3 is 8.80 Å². The molecule has 0 spiro atoms. The Bertz CT molecular complexity index is 588. The fraction of sp³-hybridized carbons (Fsp3) is 1.00. The lowest BCUT2D eigenvalue weighted by Crippen LogP contribution is -2.46. The van der Waals surface area contributed by atoms with Gasteiger partial charge < -0.3 is 13.3 Å². The van der Waals surface area contributed by atoms with Crippen LogP contribution in [0.3, 0.4) is 0 Å². The van der Waals surface area contributed by atoms with Crippen molar-refractivity contribution in [2.24, 2.45) is 0 Å². The highest BCUT2D eigenvalue weighted by molar-refractivity contribution is 6.60. The average Bonchev–Trinajstić information content (AvgIpc) is 3.11. The fourth-order valence-electron chi connectivity index (χ4n) is 7.16. The molecule has 4 heteroatoms. The van der Waals surface area contributed by atoms with E-state index in [-0.39, 0.29) is 0 Å². The molecule has 0 saturated heterocycles. The van der Waals surface area contributed by atoms with Gasteiger partial charge in [0.15, 0.2) is 0 Å². The summed E-state index contributed by atoms with van der Waals surface area (Å²) in [6.45, 7) is 11.6. The summed E-state index contributed by atoms with van der Waals surface area (Å²) >= 11 is 0. The molecule has 0 aliphatic rings. The standard InChI is InChI=1S/C45H94O3Si/c1-5-9-12-15-18-21-24-26-27-29-32-35-38-41-44-48-49(45-8-4,46-42-39-36-33-30-23-20-17-14-11-7-3)47-43-40-37-34-31-28-25-22-19-16-13-10-6-2/h5-45H2,1-4H3. The van der Waals surface area contributed by atoms with Crippen LogP contribution in [0.4, 0.5) is 0 Å². The molecule has 0 heterocycles. The van der Waals surface area contributed by atoms with Gasteiger partial charge in [-0.25, -0.2) is 0 Å². The first-order valence-electron chi connectivity index (χ1n) is 23.2. The Kier molecular flexibility index (Phi) is 42.6. The minimum absolute atomic E-state index is 0.819. The first-order valence-corrected chi connectivity index (χ1v) is 25.1. The van der Waals surface area contributed by atoms with Crippen molar-refractivity contribution in [3.8, 4) is 0 Å². The van der Waals surface area contributed by atoms with Crippen molar-refractivity contribution in [2.45, 2.75) is 271 Å².